The molecule has 96 valence electrons. The Morgan fingerprint density at radius 2 is 1.80 bits per heavy atom. The predicted molar refractivity (Wildman–Crippen MR) is 73.1 cm³/mol. The van der Waals surface area contributed by atoms with Crippen molar-refractivity contribution in [2.75, 3.05) is 0 Å². The number of nitrogens with zero attached hydrogens (tertiary/aromatic N) is 3. The van der Waals surface area contributed by atoms with Gasteiger partial charge < -0.3 is 0 Å². The van der Waals surface area contributed by atoms with Gasteiger partial charge in [0, 0.05) is 17.5 Å². The summed E-state index contributed by atoms with van der Waals surface area (Å²) in [5.41, 5.74) is 1.05. The number of Topliss-reactive ketones (excluding diaryl/α,β-unsaturated/α-hetero) is 1. The van der Waals surface area contributed by atoms with Gasteiger partial charge in [-0.25, -0.2) is 0 Å². The van der Waals surface area contributed by atoms with Crippen molar-refractivity contribution < 1.29 is 9.36 Å². The van der Waals surface area contributed by atoms with Gasteiger partial charge in [0.2, 0.25) is 5.52 Å². The first-order valence-corrected chi connectivity index (χ1v) is 6.09. The Bertz CT molecular complexity index is 770. The summed E-state index contributed by atoms with van der Waals surface area (Å²) in [6.45, 7) is 1.59. The molecule has 0 radical (unpaired) electrons. The number of rotatable bonds is 3. The third-order valence-corrected chi connectivity index (χ3v) is 3.07. The van der Waals surface area contributed by atoms with E-state index in [9.17, 15) is 4.79 Å². The molecule has 0 amide bonds. The summed E-state index contributed by atoms with van der Waals surface area (Å²) < 4.78 is 1.86. The molecule has 0 fully saturated rings. The molecule has 20 heavy (non-hydrogen) atoms. The summed E-state index contributed by atoms with van der Waals surface area (Å²) in [7, 11) is 0. The molecule has 0 saturated carbocycles. The largest absolute Gasteiger partial charge is 0.295 e. The van der Waals surface area contributed by atoms with Gasteiger partial charge in [-0.05, 0) is 19.1 Å². The summed E-state index contributed by atoms with van der Waals surface area (Å²) in [6, 6.07) is 15.2. The molecule has 4 nitrogen and oxygen atoms in total. The average molecular weight is 262 g/mol. The van der Waals surface area contributed by atoms with Crippen LogP contribution in [0.4, 0.5) is 0 Å². The Balaban J connectivity index is 2.57. The number of hydrogen-bond donors (Lipinski definition) is 0. The maximum atomic E-state index is 11.7. The van der Waals surface area contributed by atoms with E-state index in [0.717, 1.165) is 10.9 Å². The highest BCUT2D eigenvalue weighted by molar-refractivity contribution is 5.95. The van der Waals surface area contributed by atoms with Crippen LogP contribution in [0.5, 0.6) is 0 Å². The van der Waals surface area contributed by atoms with Gasteiger partial charge in [-0.15, -0.1) is 0 Å². The van der Waals surface area contributed by atoms with Crippen molar-refractivity contribution in [1.29, 1.82) is 10.5 Å². The molecule has 0 bridgehead atoms. The molecule has 1 aromatic heterocycles. The molecule has 0 atom stereocenters. The second-order valence-corrected chi connectivity index (χ2v) is 4.33. The Kier molecular flexibility index (Phi) is 3.88. The molecule has 0 N–H and O–H groups in total. The fourth-order valence-corrected chi connectivity index (χ4v) is 2.06. The van der Waals surface area contributed by atoms with Crippen molar-refractivity contribution in [3.63, 3.8) is 0 Å². The Hall–Kier alpha value is -2.98. The minimum absolute atomic E-state index is 0.127. The monoisotopic (exact) mass is 262 g/mol. The number of pyridine rings is 1. The predicted octanol–water partition coefficient (Wildman–Crippen LogP) is 2.06. The summed E-state index contributed by atoms with van der Waals surface area (Å²) in [4.78, 5) is 11.7. The molecule has 1 aromatic carbocycles. The SMILES string of the molecule is CC(=O)C(C[n+]1cccc2ccccc21)=C(C#N)C#N. The van der Waals surface area contributed by atoms with Crippen molar-refractivity contribution in [1.82, 2.24) is 0 Å². The zero-order valence-corrected chi connectivity index (χ0v) is 11.0. The number of benzene rings is 1. The van der Waals surface area contributed by atoms with Crippen LogP contribution in [0.25, 0.3) is 10.9 Å². The second kappa shape index (κ2) is 5.77. The number of para-hydroxylation sites is 1. The van der Waals surface area contributed by atoms with Crippen molar-refractivity contribution >= 4 is 16.7 Å². The number of carbonyl (C=O) groups excluding carboxylic acids is 1. The number of hydrogen-bond acceptors (Lipinski definition) is 3. The number of allylic oxidation sites excluding steroid dienone is 2. The first-order valence-electron chi connectivity index (χ1n) is 6.09. The van der Waals surface area contributed by atoms with Crippen molar-refractivity contribution in [2.45, 2.75) is 13.5 Å². The lowest BCUT2D eigenvalue weighted by atomic mass is 10.1. The van der Waals surface area contributed by atoms with Gasteiger partial charge in [0.05, 0.1) is 5.57 Å². The highest BCUT2D eigenvalue weighted by Crippen LogP contribution is 2.11. The van der Waals surface area contributed by atoms with Crippen molar-refractivity contribution in [3.8, 4) is 12.1 Å². The number of aromatic nitrogens is 1. The summed E-state index contributed by atoms with van der Waals surface area (Å²) in [5.74, 6) is -0.261. The zero-order chi connectivity index (χ0) is 14.5. The Morgan fingerprint density at radius 1 is 1.15 bits per heavy atom. The molecule has 2 rings (SSSR count). The third kappa shape index (κ3) is 2.55. The number of fused-ring (bicyclic) bond motifs is 1. The molecule has 0 aliphatic heterocycles. The van der Waals surface area contributed by atoms with E-state index < -0.39 is 0 Å². The van der Waals surface area contributed by atoms with Gasteiger partial charge >= 0.3 is 0 Å². The fourth-order valence-electron chi connectivity index (χ4n) is 2.06. The number of nitriles is 2. The van der Waals surface area contributed by atoms with Crippen LogP contribution in [0, 0.1) is 22.7 Å². The second-order valence-electron chi connectivity index (χ2n) is 4.33. The first kappa shape index (κ1) is 13.5. The highest BCUT2D eigenvalue weighted by Gasteiger charge is 2.18. The van der Waals surface area contributed by atoms with Crippen LogP contribution in [0.3, 0.4) is 0 Å². The molecular weight excluding hydrogens is 250 g/mol. The van der Waals surface area contributed by atoms with Crippen LogP contribution in [0.1, 0.15) is 6.92 Å². The normalized spacial score (nSPS) is 9.55. The van der Waals surface area contributed by atoms with Crippen LogP contribution in [0.15, 0.2) is 53.7 Å². The summed E-state index contributed by atoms with van der Waals surface area (Å²) in [6.07, 6.45) is 1.83. The van der Waals surface area contributed by atoms with E-state index in [1.54, 1.807) is 12.1 Å². The molecule has 0 unspecified atom stereocenters. The van der Waals surface area contributed by atoms with Gasteiger partial charge in [-0.1, -0.05) is 12.1 Å². The van der Waals surface area contributed by atoms with E-state index in [2.05, 4.69) is 0 Å². The van der Waals surface area contributed by atoms with Crippen molar-refractivity contribution in [2.24, 2.45) is 0 Å². The smallest absolute Gasteiger partial charge is 0.212 e. The Labute approximate surface area is 116 Å². The van der Waals surface area contributed by atoms with E-state index in [4.69, 9.17) is 10.5 Å². The van der Waals surface area contributed by atoms with Gasteiger partial charge in [-0.2, -0.15) is 15.1 Å². The zero-order valence-electron chi connectivity index (χ0n) is 11.0. The molecule has 4 heteroatoms. The quantitative estimate of drug-likeness (QED) is 0.483. The van der Waals surface area contributed by atoms with Gasteiger partial charge in [0.25, 0.3) is 0 Å². The highest BCUT2D eigenvalue weighted by atomic mass is 16.1. The lowest BCUT2D eigenvalue weighted by Gasteiger charge is -2.03. The maximum Gasteiger partial charge on any atom is 0.212 e. The molecule has 0 spiro atoms. The maximum absolute atomic E-state index is 11.7. The fraction of sp³-hybridized carbons (Fsp3) is 0.125. The molecular formula is C16H12N3O+. The van der Waals surface area contributed by atoms with E-state index in [1.165, 1.54) is 6.92 Å². The summed E-state index contributed by atoms with van der Waals surface area (Å²) in [5, 5.41) is 18.9. The van der Waals surface area contributed by atoms with E-state index in [0.29, 0.717) is 0 Å². The minimum atomic E-state index is -0.261. The molecule has 1 heterocycles. The third-order valence-electron chi connectivity index (χ3n) is 3.07. The first-order chi connectivity index (χ1) is 9.67. The van der Waals surface area contributed by atoms with E-state index in [1.807, 2.05) is 47.2 Å². The van der Waals surface area contributed by atoms with Crippen LogP contribution >= 0.6 is 0 Å². The standard InChI is InChI=1S/C16H12N3O/c1-12(20)15(14(9-17)10-18)11-19-8-4-6-13-5-2-3-7-16(13)19/h2-8H,11H2,1H3/q+1. The van der Waals surface area contributed by atoms with Crippen molar-refractivity contribution in [3.05, 3.63) is 53.7 Å². The molecule has 0 saturated heterocycles. The van der Waals surface area contributed by atoms with E-state index in [-0.39, 0.29) is 23.5 Å². The molecule has 0 aliphatic rings. The van der Waals surface area contributed by atoms with E-state index >= 15 is 0 Å². The van der Waals surface area contributed by atoms with Crippen LogP contribution in [-0.4, -0.2) is 5.78 Å². The topological polar surface area (TPSA) is 68.5 Å². The van der Waals surface area contributed by atoms with Gasteiger partial charge in [-0.3, -0.25) is 4.79 Å². The average Bonchev–Trinajstić information content (AvgIpc) is 2.47. The lowest BCUT2D eigenvalue weighted by molar-refractivity contribution is -0.662. The lowest BCUT2D eigenvalue weighted by Crippen LogP contribution is -2.36. The van der Waals surface area contributed by atoms with Gasteiger partial charge in [0.15, 0.2) is 18.5 Å². The number of carbonyl (C=O) groups is 1. The molecule has 2 aromatic rings. The minimum Gasteiger partial charge on any atom is -0.295 e. The van der Waals surface area contributed by atoms with Crippen LogP contribution in [-0.2, 0) is 11.3 Å². The van der Waals surface area contributed by atoms with Crippen LogP contribution in [0.2, 0.25) is 0 Å². The van der Waals surface area contributed by atoms with Gasteiger partial charge in [0.1, 0.15) is 17.7 Å². The Morgan fingerprint density at radius 3 is 2.45 bits per heavy atom. The van der Waals surface area contributed by atoms with Crippen LogP contribution < -0.4 is 4.57 Å². The summed E-state index contributed by atoms with van der Waals surface area (Å²) >= 11 is 0. The molecule has 0 aliphatic carbocycles. The number of ketones is 1.